The average Bonchev–Trinajstić information content (AvgIpc) is 2.75. The first kappa shape index (κ1) is 13.0. The lowest BCUT2D eigenvalue weighted by atomic mass is 10.3. The van der Waals surface area contributed by atoms with E-state index in [9.17, 15) is 4.79 Å². The van der Waals surface area contributed by atoms with Gasteiger partial charge in [-0.1, -0.05) is 23.4 Å². The van der Waals surface area contributed by atoms with Crippen molar-refractivity contribution in [3.05, 3.63) is 41.7 Å². The van der Waals surface area contributed by atoms with Gasteiger partial charge in [0.15, 0.2) is 5.16 Å². The first-order chi connectivity index (χ1) is 8.65. The van der Waals surface area contributed by atoms with Gasteiger partial charge in [0.1, 0.15) is 0 Å². The fourth-order valence-electron chi connectivity index (χ4n) is 1.35. The van der Waals surface area contributed by atoms with Crippen LogP contribution in [0.15, 0.2) is 41.8 Å². The largest absolute Gasteiger partial charge is 0.329 e. The number of hydrogen-bond acceptors (Lipinski definition) is 3. The van der Waals surface area contributed by atoms with Crippen LogP contribution >= 0.6 is 23.4 Å². The minimum absolute atomic E-state index is 0.0645. The Morgan fingerprint density at radius 3 is 2.78 bits per heavy atom. The van der Waals surface area contributed by atoms with Crippen molar-refractivity contribution in [2.45, 2.75) is 5.16 Å². The zero-order valence-electron chi connectivity index (χ0n) is 9.76. The molecule has 0 spiro atoms. The zero-order chi connectivity index (χ0) is 13.0. The van der Waals surface area contributed by atoms with E-state index < -0.39 is 0 Å². The molecule has 0 radical (unpaired) electrons. The molecule has 0 aliphatic heterocycles. The second-order valence-electron chi connectivity index (χ2n) is 3.66. The number of anilines is 1. The summed E-state index contributed by atoms with van der Waals surface area (Å²) in [4.78, 5) is 15.8. The molecule has 0 atom stereocenters. The fraction of sp³-hybridized carbons (Fsp3) is 0.167. The summed E-state index contributed by atoms with van der Waals surface area (Å²) in [5, 5.41) is 4.26. The molecule has 0 saturated heterocycles. The summed E-state index contributed by atoms with van der Waals surface area (Å²) in [6.07, 6.45) is 3.55. The molecule has 94 valence electrons. The van der Waals surface area contributed by atoms with Gasteiger partial charge in [0.05, 0.1) is 5.75 Å². The third kappa shape index (κ3) is 3.51. The summed E-state index contributed by atoms with van der Waals surface area (Å²) in [6, 6.07) is 7.02. The number of aryl methyl sites for hydroxylation is 1. The number of rotatable bonds is 4. The van der Waals surface area contributed by atoms with Gasteiger partial charge in [-0.3, -0.25) is 4.79 Å². The highest BCUT2D eigenvalue weighted by atomic mass is 35.5. The molecule has 1 aromatic heterocycles. The lowest BCUT2D eigenvalue weighted by Gasteiger charge is -2.05. The van der Waals surface area contributed by atoms with Gasteiger partial charge in [0.2, 0.25) is 5.91 Å². The molecule has 1 aromatic carbocycles. The molecule has 6 heteroatoms. The molecule has 1 heterocycles. The van der Waals surface area contributed by atoms with Crippen LogP contribution in [0.1, 0.15) is 0 Å². The van der Waals surface area contributed by atoms with Gasteiger partial charge in [-0.05, 0) is 24.3 Å². The molecular weight excluding hydrogens is 270 g/mol. The molecule has 0 saturated carbocycles. The van der Waals surface area contributed by atoms with Crippen molar-refractivity contribution in [2.24, 2.45) is 7.05 Å². The predicted octanol–water partition coefficient (Wildman–Crippen LogP) is 2.80. The SMILES string of the molecule is Cn1ccnc1SCC(=O)Nc1ccc(Cl)cc1. The molecule has 0 aliphatic rings. The number of halogens is 1. The predicted molar refractivity (Wildman–Crippen MR) is 74.0 cm³/mol. The van der Waals surface area contributed by atoms with E-state index in [0.717, 1.165) is 10.8 Å². The molecule has 4 nitrogen and oxygen atoms in total. The normalized spacial score (nSPS) is 10.3. The smallest absolute Gasteiger partial charge is 0.234 e. The first-order valence-corrected chi connectivity index (χ1v) is 6.67. The van der Waals surface area contributed by atoms with Crippen molar-refractivity contribution in [2.75, 3.05) is 11.1 Å². The van der Waals surface area contributed by atoms with Crippen LogP contribution in [0.2, 0.25) is 5.02 Å². The van der Waals surface area contributed by atoms with Crippen molar-refractivity contribution in [1.82, 2.24) is 9.55 Å². The molecule has 0 unspecified atom stereocenters. The van der Waals surface area contributed by atoms with Crippen LogP contribution in [0.4, 0.5) is 5.69 Å². The number of thioether (sulfide) groups is 1. The zero-order valence-corrected chi connectivity index (χ0v) is 11.3. The number of imidazole rings is 1. The van der Waals surface area contributed by atoms with Gasteiger partial charge in [0, 0.05) is 30.2 Å². The van der Waals surface area contributed by atoms with Crippen molar-refractivity contribution >= 4 is 35.0 Å². The number of amides is 1. The third-order valence-electron chi connectivity index (χ3n) is 2.24. The van der Waals surface area contributed by atoms with Gasteiger partial charge < -0.3 is 9.88 Å². The van der Waals surface area contributed by atoms with Crippen molar-refractivity contribution in [3.63, 3.8) is 0 Å². The van der Waals surface area contributed by atoms with Crippen LogP contribution < -0.4 is 5.32 Å². The maximum atomic E-state index is 11.7. The molecule has 0 bridgehead atoms. The first-order valence-electron chi connectivity index (χ1n) is 5.30. The molecular formula is C12H12ClN3OS. The molecule has 1 amide bonds. The maximum absolute atomic E-state index is 11.7. The maximum Gasteiger partial charge on any atom is 0.234 e. The van der Waals surface area contributed by atoms with E-state index in [1.165, 1.54) is 11.8 Å². The van der Waals surface area contributed by atoms with Crippen LogP contribution in [0, 0.1) is 0 Å². The quantitative estimate of drug-likeness (QED) is 0.877. The number of aromatic nitrogens is 2. The van der Waals surface area contributed by atoms with Crippen LogP contribution in [0.5, 0.6) is 0 Å². The van der Waals surface area contributed by atoms with Crippen LogP contribution in [-0.2, 0) is 11.8 Å². The Morgan fingerprint density at radius 1 is 1.44 bits per heavy atom. The summed E-state index contributed by atoms with van der Waals surface area (Å²) in [7, 11) is 1.90. The Morgan fingerprint density at radius 2 is 2.17 bits per heavy atom. The molecule has 1 N–H and O–H groups in total. The van der Waals surface area contributed by atoms with Gasteiger partial charge in [-0.25, -0.2) is 4.98 Å². The second kappa shape index (κ2) is 5.93. The lowest BCUT2D eigenvalue weighted by Crippen LogP contribution is -2.14. The van der Waals surface area contributed by atoms with Crippen LogP contribution in [-0.4, -0.2) is 21.2 Å². The molecule has 2 rings (SSSR count). The number of carbonyl (C=O) groups is 1. The topological polar surface area (TPSA) is 46.9 Å². The minimum Gasteiger partial charge on any atom is -0.329 e. The highest BCUT2D eigenvalue weighted by Crippen LogP contribution is 2.16. The summed E-state index contributed by atoms with van der Waals surface area (Å²) in [6.45, 7) is 0. The van der Waals surface area contributed by atoms with Gasteiger partial charge in [-0.15, -0.1) is 0 Å². The molecule has 0 fully saturated rings. The van der Waals surface area contributed by atoms with E-state index in [4.69, 9.17) is 11.6 Å². The Labute approximate surface area is 114 Å². The highest BCUT2D eigenvalue weighted by molar-refractivity contribution is 7.99. The van der Waals surface area contributed by atoms with E-state index in [-0.39, 0.29) is 5.91 Å². The number of nitrogens with zero attached hydrogens (tertiary/aromatic N) is 2. The van der Waals surface area contributed by atoms with Gasteiger partial charge >= 0.3 is 0 Å². The summed E-state index contributed by atoms with van der Waals surface area (Å²) in [5.41, 5.74) is 0.741. The number of benzene rings is 1. The van der Waals surface area contributed by atoms with Crippen molar-refractivity contribution in [3.8, 4) is 0 Å². The Balaban J connectivity index is 1.86. The van der Waals surface area contributed by atoms with Crippen LogP contribution in [0.3, 0.4) is 0 Å². The Hall–Kier alpha value is -1.46. The van der Waals surface area contributed by atoms with E-state index in [1.807, 2.05) is 17.8 Å². The lowest BCUT2D eigenvalue weighted by molar-refractivity contribution is -0.113. The molecule has 0 aliphatic carbocycles. The average molecular weight is 282 g/mol. The van der Waals surface area contributed by atoms with E-state index in [0.29, 0.717) is 10.8 Å². The Kier molecular flexibility index (Phi) is 4.28. The summed E-state index contributed by atoms with van der Waals surface area (Å²) >= 11 is 7.16. The van der Waals surface area contributed by atoms with E-state index in [2.05, 4.69) is 10.3 Å². The monoisotopic (exact) mass is 281 g/mol. The highest BCUT2D eigenvalue weighted by Gasteiger charge is 2.06. The number of hydrogen-bond donors (Lipinski definition) is 1. The van der Waals surface area contributed by atoms with Crippen molar-refractivity contribution in [1.29, 1.82) is 0 Å². The Bertz CT molecular complexity index is 539. The number of nitrogens with one attached hydrogen (secondary N) is 1. The minimum atomic E-state index is -0.0645. The summed E-state index contributed by atoms with van der Waals surface area (Å²) < 4.78 is 1.88. The fourth-order valence-corrected chi connectivity index (χ4v) is 2.21. The van der Waals surface area contributed by atoms with Crippen LogP contribution in [0.25, 0.3) is 0 Å². The number of carbonyl (C=O) groups excluding carboxylic acids is 1. The second-order valence-corrected chi connectivity index (χ2v) is 5.04. The van der Waals surface area contributed by atoms with E-state index in [1.54, 1.807) is 30.5 Å². The summed E-state index contributed by atoms with van der Waals surface area (Å²) in [5.74, 6) is 0.262. The molecule has 2 aromatic rings. The van der Waals surface area contributed by atoms with Crippen molar-refractivity contribution < 1.29 is 4.79 Å². The van der Waals surface area contributed by atoms with Gasteiger partial charge in [-0.2, -0.15) is 0 Å². The van der Waals surface area contributed by atoms with E-state index >= 15 is 0 Å². The van der Waals surface area contributed by atoms with Gasteiger partial charge in [0.25, 0.3) is 0 Å². The molecule has 18 heavy (non-hydrogen) atoms. The third-order valence-corrected chi connectivity index (χ3v) is 3.55. The standard InChI is InChI=1S/C12H12ClN3OS/c1-16-7-6-14-12(16)18-8-11(17)15-10-4-2-9(13)3-5-10/h2-7H,8H2,1H3,(H,15,17).